The largest absolute Gasteiger partial charge is 0.482 e. The minimum absolute atomic E-state index is 0.390. The summed E-state index contributed by atoms with van der Waals surface area (Å²) in [5.41, 5.74) is 4.35. The van der Waals surface area contributed by atoms with Crippen molar-refractivity contribution in [2.45, 2.75) is 18.0 Å². The number of alkyl halides is 3. The third-order valence-corrected chi connectivity index (χ3v) is 7.36. The number of thioether (sulfide) groups is 1. The highest BCUT2D eigenvalue weighted by molar-refractivity contribution is 9.10. The molecule has 4 aromatic carbocycles. The van der Waals surface area contributed by atoms with Gasteiger partial charge in [-0.1, -0.05) is 70.5 Å². The minimum Gasteiger partial charge on any atom is -0.482 e. The van der Waals surface area contributed by atoms with E-state index in [0.717, 1.165) is 43.8 Å². The van der Waals surface area contributed by atoms with Crippen LogP contribution in [-0.4, -0.2) is 23.4 Å². The number of halogens is 4. The maximum Gasteiger partial charge on any atom is 0.416 e. The normalized spacial score (nSPS) is 11.9. The second-order valence-electron chi connectivity index (χ2n) is 8.70. The van der Waals surface area contributed by atoms with Gasteiger partial charge in [0.1, 0.15) is 5.75 Å². The van der Waals surface area contributed by atoms with Gasteiger partial charge in [0.25, 0.3) is 0 Å². The van der Waals surface area contributed by atoms with E-state index >= 15 is 0 Å². The first-order valence-corrected chi connectivity index (χ1v) is 13.7. The van der Waals surface area contributed by atoms with Gasteiger partial charge in [0.2, 0.25) is 0 Å². The predicted molar refractivity (Wildman–Crippen MR) is 153 cm³/mol. The quantitative estimate of drug-likeness (QED) is 0.191. The fraction of sp³-hybridized carbons (Fsp3) is 0.129. The number of ether oxygens (including phenoxy) is 1. The zero-order valence-electron chi connectivity index (χ0n) is 20.8. The monoisotopic (exact) mass is 612 g/mol. The highest BCUT2D eigenvalue weighted by atomic mass is 79.9. The Labute approximate surface area is 237 Å². The molecular formula is C31H24BrF3O3S. The van der Waals surface area contributed by atoms with E-state index < -0.39 is 17.7 Å². The van der Waals surface area contributed by atoms with Gasteiger partial charge in [-0.2, -0.15) is 13.2 Å². The fourth-order valence-corrected chi connectivity index (χ4v) is 5.11. The van der Waals surface area contributed by atoms with Crippen molar-refractivity contribution < 1.29 is 27.8 Å². The molecule has 0 spiro atoms. The second kappa shape index (κ2) is 12.6. The molecule has 0 bridgehead atoms. The number of hydrogen-bond donors (Lipinski definition) is 1. The average molecular weight is 613 g/mol. The molecule has 4 aromatic rings. The summed E-state index contributed by atoms with van der Waals surface area (Å²) in [6.07, 6.45) is -2.27. The molecular weight excluding hydrogens is 589 g/mol. The maximum atomic E-state index is 13.2. The molecule has 0 atom stereocenters. The lowest BCUT2D eigenvalue weighted by atomic mass is 9.95. The van der Waals surface area contributed by atoms with Crippen LogP contribution in [0.15, 0.2) is 106 Å². The third-order valence-electron chi connectivity index (χ3n) is 5.91. The van der Waals surface area contributed by atoms with Gasteiger partial charge < -0.3 is 9.84 Å². The molecule has 1 N–H and O–H groups in total. The SMILES string of the molecule is Cc1cc(SC/C=C(\c2ccc(Br)cc2)c2ccc(-c3cccc(C(F)(F)F)c3)cc2)ccc1OCC(=O)O. The maximum absolute atomic E-state index is 13.2. The van der Waals surface area contributed by atoms with Gasteiger partial charge in [0, 0.05) is 15.1 Å². The molecule has 0 unspecified atom stereocenters. The first kappa shape index (κ1) is 28.5. The minimum atomic E-state index is -4.39. The highest BCUT2D eigenvalue weighted by Gasteiger charge is 2.30. The van der Waals surface area contributed by atoms with Gasteiger partial charge in [-0.3, -0.25) is 0 Å². The molecule has 0 heterocycles. The van der Waals surface area contributed by atoms with Crippen LogP contribution in [0.5, 0.6) is 5.75 Å². The molecule has 39 heavy (non-hydrogen) atoms. The average Bonchev–Trinajstić information content (AvgIpc) is 2.91. The molecule has 3 nitrogen and oxygen atoms in total. The van der Waals surface area contributed by atoms with Crippen molar-refractivity contribution in [3.8, 4) is 16.9 Å². The van der Waals surface area contributed by atoms with E-state index in [1.807, 2.05) is 67.6 Å². The second-order valence-corrected chi connectivity index (χ2v) is 10.7. The Kier molecular flexibility index (Phi) is 9.20. The van der Waals surface area contributed by atoms with Gasteiger partial charge in [-0.25, -0.2) is 4.79 Å². The molecule has 0 aliphatic carbocycles. The Hall–Kier alpha value is -3.49. The molecule has 0 amide bonds. The molecule has 200 valence electrons. The lowest BCUT2D eigenvalue weighted by molar-refractivity contribution is -0.139. The molecule has 0 fully saturated rings. The van der Waals surface area contributed by atoms with Crippen molar-refractivity contribution in [3.05, 3.63) is 124 Å². The lowest BCUT2D eigenvalue weighted by Crippen LogP contribution is -2.09. The van der Waals surface area contributed by atoms with E-state index in [1.165, 1.54) is 6.07 Å². The molecule has 0 saturated heterocycles. The molecule has 0 saturated carbocycles. The van der Waals surface area contributed by atoms with Gasteiger partial charge in [-0.05, 0) is 82.8 Å². The van der Waals surface area contributed by atoms with Gasteiger partial charge >= 0.3 is 12.1 Å². The van der Waals surface area contributed by atoms with Crippen LogP contribution in [0.1, 0.15) is 22.3 Å². The number of aliphatic carboxylic acids is 1. The van der Waals surface area contributed by atoms with E-state index in [0.29, 0.717) is 22.6 Å². The van der Waals surface area contributed by atoms with Crippen LogP contribution in [0.4, 0.5) is 13.2 Å². The number of aryl methyl sites for hydroxylation is 1. The van der Waals surface area contributed by atoms with Crippen LogP contribution in [0.3, 0.4) is 0 Å². The number of carboxylic acids is 1. The predicted octanol–water partition coefficient (Wildman–Crippen LogP) is 9.13. The summed E-state index contributed by atoms with van der Waals surface area (Å²) >= 11 is 5.10. The van der Waals surface area contributed by atoms with Crippen molar-refractivity contribution in [3.63, 3.8) is 0 Å². The van der Waals surface area contributed by atoms with Crippen molar-refractivity contribution in [1.29, 1.82) is 0 Å². The summed E-state index contributed by atoms with van der Waals surface area (Å²) < 4.78 is 45.8. The number of carboxylic acid groups (broad SMARTS) is 1. The molecule has 0 aliphatic rings. The van der Waals surface area contributed by atoms with Crippen molar-refractivity contribution >= 4 is 39.2 Å². The number of hydrogen-bond acceptors (Lipinski definition) is 3. The van der Waals surface area contributed by atoms with Crippen molar-refractivity contribution in [1.82, 2.24) is 0 Å². The van der Waals surface area contributed by atoms with Crippen LogP contribution in [0.2, 0.25) is 0 Å². The molecule has 0 aromatic heterocycles. The Morgan fingerprint density at radius 2 is 1.59 bits per heavy atom. The topological polar surface area (TPSA) is 46.5 Å². The molecule has 4 rings (SSSR count). The highest BCUT2D eigenvalue weighted by Crippen LogP contribution is 2.34. The van der Waals surface area contributed by atoms with Crippen LogP contribution < -0.4 is 4.74 Å². The summed E-state index contributed by atoms with van der Waals surface area (Å²) in [5, 5.41) is 8.83. The Balaban J connectivity index is 1.57. The number of carbonyl (C=O) groups is 1. The van der Waals surface area contributed by atoms with Crippen LogP contribution >= 0.6 is 27.7 Å². The lowest BCUT2D eigenvalue weighted by Gasteiger charge is -2.12. The summed E-state index contributed by atoms with van der Waals surface area (Å²) in [4.78, 5) is 11.8. The molecule has 0 aliphatic heterocycles. The molecule has 8 heteroatoms. The Morgan fingerprint density at radius 1 is 0.923 bits per heavy atom. The van der Waals surface area contributed by atoms with Gasteiger partial charge in [0.15, 0.2) is 6.61 Å². The number of benzene rings is 4. The van der Waals surface area contributed by atoms with E-state index in [4.69, 9.17) is 9.84 Å². The standard InChI is InChI=1S/C31H24BrF3O3S/c1-20-17-27(13-14-29(20)38-19-30(36)37)39-16-15-28(23-9-11-26(32)12-10-23)22-7-5-21(6-8-22)24-3-2-4-25(18-24)31(33,34)35/h2-15,17-18H,16,19H2,1H3,(H,36,37)/b28-15-. The van der Waals surface area contributed by atoms with Gasteiger partial charge in [-0.15, -0.1) is 11.8 Å². The van der Waals surface area contributed by atoms with Gasteiger partial charge in [0.05, 0.1) is 5.56 Å². The molecule has 0 radical (unpaired) electrons. The zero-order valence-corrected chi connectivity index (χ0v) is 23.2. The first-order valence-electron chi connectivity index (χ1n) is 11.9. The smallest absolute Gasteiger partial charge is 0.416 e. The van der Waals surface area contributed by atoms with Crippen LogP contribution in [0.25, 0.3) is 16.7 Å². The third kappa shape index (κ3) is 7.77. The Morgan fingerprint density at radius 3 is 2.21 bits per heavy atom. The van der Waals surface area contributed by atoms with E-state index in [-0.39, 0.29) is 6.61 Å². The van der Waals surface area contributed by atoms with E-state index in [1.54, 1.807) is 23.9 Å². The van der Waals surface area contributed by atoms with Crippen LogP contribution in [0, 0.1) is 6.92 Å². The summed E-state index contributed by atoms with van der Waals surface area (Å²) in [6.45, 7) is 1.48. The van der Waals surface area contributed by atoms with Crippen LogP contribution in [-0.2, 0) is 11.0 Å². The summed E-state index contributed by atoms with van der Waals surface area (Å²) in [5.74, 6) is 0.172. The number of rotatable bonds is 9. The summed E-state index contributed by atoms with van der Waals surface area (Å²) in [6, 6.07) is 26.4. The van der Waals surface area contributed by atoms with Crippen molar-refractivity contribution in [2.24, 2.45) is 0 Å². The fourth-order valence-electron chi connectivity index (χ4n) is 3.98. The van der Waals surface area contributed by atoms with E-state index in [9.17, 15) is 18.0 Å². The first-order chi connectivity index (χ1) is 18.6. The zero-order chi connectivity index (χ0) is 28.0. The Bertz CT molecular complexity index is 1480. The van der Waals surface area contributed by atoms with Crippen molar-refractivity contribution in [2.75, 3.05) is 12.4 Å². The summed E-state index contributed by atoms with van der Waals surface area (Å²) in [7, 11) is 0. The van der Waals surface area contributed by atoms with E-state index in [2.05, 4.69) is 22.0 Å².